The van der Waals surface area contributed by atoms with E-state index in [1.54, 1.807) is 12.1 Å². The molecule has 1 aliphatic heterocycles. The number of carboxylic acid groups (broad SMARTS) is 1. The average molecular weight is 458 g/mol. The number of ether oxygens (including phenoxy) is 1. The molecule has 0 saturated heterocycles. The quantitative estimate of drug-likeness (QED) is 0.248. The number of aryl methyl sites for hydroxylation is 1. The van der Waals surface area contributed by atoms with Gasteiger partial charge in [0.25, 0.3) is 0 Å². The molecule has 0 bridgehead atoms. The predicted octanol–water partition coefficient (Wildman–Crippen LogP) is -1.17. The minimum Gasteiger partial charge on any atom is -0.481 e. The Morgan fingerprint density at radius 3 is 2.26 bits per heavy atom. The van der Waals surface area contributed by atoms with Gasteiger partial charge in [0.05, 0.1) is 17.0 Å². The maximum atomic E-state index is 12.9. The monoisotopic (exact) mass is 458 g/mol. The molecule has 172 valence electrons. The smallest absolute Gasteiger partial charge is 0.370 e. The minimum absolute atomic E-state index is 0.0644. The van der Waals surface area contributed by atoms with Crippen molar-refractivity contribution in [1.82, 2.24) is 10.0 Å². The van der Waals surface area contributed by atoms with Gasteiger partial charge in [-0.3, -0.25) is 4.79 Å². The second-order valence-corrected chi connectivity index (χ2v) is 8.79. The first kappa shape index (κ1) is 24.8. The predicted molar refractivity (Wildman–Crippen MR) is 107 cm³/mol. The van der Waals surface area contributed by atoms with E-state index in [1.165, 1.54) is 19.1 Å². The zero-order chi connectivity index (χ0) is 23.3. The minimum atomic E-state index is -4.13. The lowest BCUT2D eigenvalue weighted by Crippen LogP contribution is -2.59. The molecule has 4 atom stereocenters. The highest BCUT2D eigenvalue weighted by Crippen LogP contribution is 2.24. The second-order valence-electron chi connectivity index (χ2n) is 7.08. The molecule has 1 amide bonds. The molecule has 0 radical (unpaired) electrons. The molecule has 12 heteroatoms. The van der Waals surface area contributed by atoms with E-state index in [9.17, 15) is 28.2 Å². The van der Waals surface area contributed by atoms with E-state index < -0.39 is 64.7 Å². The standard InChI is InChI=1S/C19H26N2O9S/c1-3-11-4-6-12(7-5-11)31(28,29)21-13-8-16(19(26)27)30-15(9-14(23)18(24)25)17(13)20-10(2)22/h4-8,13-15,17-18,21,23-25H,3,9H2,1-2H3,(H,20,22)(H,26,27)/t13-,14+,15+,17+/m0/s1. The molecule has 1 aromatic carbocycles. The van der Waals surface area contributed by atoms with Crippen molar-refractivity contribution in [3.05, 3.63) is 41.7 Å². The van der Waals surface area contributed by atoms with Crippen molar-refractivity contribution in [2.45, 2.75) is 62.2 Å². The summed E-state index contributed by atoms with van der Waals surface area (Å²) in [5.74, 6) is -2.68. The van der Waals surface area contributed by atoms with Crippen LogP contribution in [0.25, 0.3) is 0 Å². The highest BCUT2D eigenvalue weighted by Gasteiger charge is 2.41. The van der Waals surface area contributed by atoms with Gasteiger partial charge in [0, 0.05) is 13.3 Å². The number of amides is 1. The van der Waals surface area contributed by atoms with Crippen molar-refractivity contribution in [2.24, 2.45) is 0 Å². The molecular weight excluding hydrogens is 432 g/mol. The number of carbonyl (C=O) groups excluding carboxylic acids is 1. The van der Waals surface area contributed by atoms with Gasteiger partial charge in [-0.15, -0.1) is 0 Å². The average Bonchev–Trinajstić information content (AvgIpc) is 2.69. The lowest BCUT2D eigenvalue weighted by molar-refractivity contribution is -0.146. The maximum Gasteiger partial charge on any atom is 0.370 e. The van der Waals surface area contributed by atoms with Crippen LogP contribution in [0, 0.1) is 0 Å². The Morgan fingerprint density at radius 2 is 1.77 bits per heavy atom. The lowest BCUT2D eigenvalue weighted by Gasteiger charge is -2.38. The summed E-state index contributed by atoms with van der Waals surface area (Å²) in [4.78, 5) is 23.1. The van der Waals surface area contributed by atoms with Crippen LogP contribution in [0.4, 0.5) is 0 Å². The summed E-state index contributed by atoms with van der Waals surface area (Å²) < 4.78 is 33.4. The number of benzene rings is 1. The molecule has 0 unspecified atom stereocenters. The third kappa shape index (κ3) is 6.48. The van der Waals surface area contributed by atoms with Crippen LogP contribution in [-0.4, -0.2) is 71.3 Å². The van der Waals surface area contributed by atoms with Gasteiger partial charge in [-0.2, -0.15) is 0 Å². The number of rotatable bonds is 9. The number of hydrogen-bond acceptors (Lipinski definition) is 8. The van der Waals surface area contributed by atoms with Crippen LogP contribution in [0.3, 0.4) is 0 Å². The Labute approximate surface area is 179 Å². The van der Waals surface area contributed by atoms with E-state index in [-0.39, 0.29) is 4.90 Å². The van der Waals surface area contributed by atoms with Gasteiger partial charge in [0.1, 0.15) is 12.2 Å². The fraction of sp³-hybridized carbons (Fsp3) is 0.474. The Balaban J connectivity index is 2.41. The van der Waals surface area contributed by atoms with Gasteiger partial charge >= 0.3 is 5.97 Å². The fourth-order valence-corrected chi connectivity index (χ4v) is 4.33. The van der Waals surface area contributed by atoms with Crippen LogP contribution in [-0.2, 0) is 30.8 Å². The van der Waals surface area contributed by atoms with E-state index in [0.29, 0.717) is 6.42 Å². The van der Waals surface area contributed by atoms with Gasteiger partial charge < -0.3 is 30.5 Å². The van der Waals surface area contributed by atoms with Crippen LogP contribution >= 0.6 is 0 Å². The molecule has 1 heterocycles. The Kier molecular flexibility index (Phi) is 8.14. The number of aliphatic carboxylic acids is 1. The van der Waals surface area contributed by atoms with Gasteiger partial charge in [-0.05, 0) is 30.2 Å². The summed E-state index contributed by atoms with van der Waals surface area (Å²) in [7, 11) is -4.13. The Morgan fingerprint density at radius 1 is 1.16 bits per heavy atom. The third-order valence-electron chi connectivity index (χ3n) is 4.73. The number of aliphatic hydroxyl groups excluding tert-OH is 2. The lowest BCUT2D eigenvalue weighted by atomic mass is 9.94. The molecule has 2 rings (SSSR count). The molecule has 31 heavy (non-hydrogen) atoms. The van der Waals surface area contributed by atoms with E-state index in [2.05, 4.69) is 10.0 Å². The topological polar surface area (TPSA) is 182 Å². The SMILES string of the molecule is CCc1ccc(S(=O)(=O)N[C@H]2C=C(C(=O)O)O[C@H](C[C@@H](O)C(O)O)[C@@H]2NC(C)=O)cc1. The van der Waals surface area contributed by atoms with Crippen molar-refractivity contribution in [3.63, 3.8) is 0 Å². The first-order valence-electron chi connectivity index (χ1n) is 9.49. The number of carboxylic acids is 1. The highest BCUT2D eigenvalue weighted by molar-refractivity contribution is 7.89. The number of aliphatic hydroxyl groups is 3. The van der Waals surface area contributed by atoms with Crippen molar-refractivity contribution < 1.29 is 43.2 Å². The van der Waals surface area contributed by atoms with Crippen LogP contribution in [0.5, 0.6) is 0 Å². The summed E-state index contributed by atoms with van der Waals surface area (Å²) in [5.41, 5.74) is 0.922. The molecule has 0 saturated carbocycles. The third-order valence-corrected chi connectivity index (χ3v) is 6.20. The highest BCUT2D eigenvalue weighted by atomic mass is 32.2. The summed E-state index contributed by atoms with van der Waals surface area (Å²) >= 11 is 0. The molecule has 0 aromatic heterocycles. The molecule has 11 nitrogen and oxygen atoms in total. The zero-order valence-electron chi connectivity index (χ0n) is 16.9. The number of sulfonamides is 1. The van der Waals surface area contributed by atoms with Crippen molar-refractivity contribution in [3.8, 4) is 0 Å². The molecule has 0 spiro atoms. The van der Waals surface area contributed by atoms with Gasteiger partial charge in [0.2, 0.25) is 21.7 Å². The number of hydrogen-bond donors (Lipinski definition) is 6. The summed E-state index contributed by atoms with van der Waals surface area (Å²) in [6.07, 6.45) is -3.92. The number of nitrogens with one attached hydrogen (secondary N) is 2. The van der Waals surface area contributed by atoms with Gasteiger partial charge in [0.15, 0.2) is 6.29 Å². The molecule has 0 fully saturated rings. The molecule has 0 aliphatic carbocycles. The van der Waals surface area contributed by atoms with E-state index in [0.717, 1.165) is 11.6 Å². The number of carbonyl (C=O) groups is 2. The zero-order valence-corrected chi connectivity index (χ0v) is 17.7. The molecule has 1 aliphatic rings. The molecule has 1 aromatic rings. The van der Waals surface area contributed by atoms with Crippen molar-refractivity contribution in [2.75, 3.05) is 0 Å². The normalized spacial score (nSPS) is 22.4. The Hall–Kier alpha value is -2.51. The van der Waals surface area contributed by atoms with Crippen LogP contribution in [0.15, 0.2) is 41.0 Å². The second kappa shape index (κ2) is 10.2. The van der Waals surface area contributed by atoms with E-state index >= 15 is 0 Å². The molecule has 6 N–H and O–H groups in total. The summed E-state index contributed by atoms with van der Waals surface area (Å²) in [6.45, 7) is 3.08. The maximum absolute atomic E-state index is 12.9. The van der Waals surface area contributed by atoms with Crippen molar-refractivity contribution in [1.29, 1.82) is 0 Å². The van der Waals surface area contributed by atoms with E-state index in [4.69, 9.17) is 14.9 Å². The van der Waals surface area contributed by atoms with Crippen LogP contribution in [0.2, 0.25) is 0 Å². The van der Waals surface area contributed by atoms with E-state index in [1.807, 2.05) is 6.92 Å². The van der Waals surface area contributed by atoms with Crippen LogP contribution < -0.4 is 10.0 Å². The largest absolute Gasteiger partial charge is 0.481 e. The van der Waals surface area contributed by atoms with Gasteiger partial charge in [-0.25, -0.2) is 17.9 Å². The summed E-state index contributed by atoms with van der Waals surface area (Å²) in [6, 6.07) is 3.69. The van der Waals surface area contributed by atoms with Gasteiger partial charge in [-0.1, -0.05) is 19.1 Å². The van der Waals surface area contributed by atoms with Crippen molar-refractivity contribution >= 4 is 21.9 Å². The van der Waals surface area contributed by atoms with Crippen LogP contribution in [0.1, 0.15) is 25.8 Å². The Bertz CT molecular complexity index is 928. The molecular formula is C19H26N2O9S. The first-order chi connectivity index (χ1) is 14.4. The fourth-order valence-electron chi connectivity index (χ4n) is 3.13. The summed E-state index contributed by atoms with van der Waals surface area (Å²) in [5, 5.41) is 39.9. The first-order valence-corrected chi connectivity index (χ1v) is 11.0.